The summed E-state index contributed by atoms with van der Waals surface area (Å²) in [4.78, 5) is 0.780. The number of alkyl halides is 3. The molecule has 0 spiro atoms. The van der Waals surface area contributed by atoms with Crippen molar-refractivity contribution < 1.29 is 18.2 Å². The van der Waals surface area contributed by atoms with Crippen LogP contribution in [0.4, 0.5) is 13.2 Å². The van der Waals surface area contributed by atoms with E-state index in [0.717, 1.165) is 17.0 Å². The van der Waals surface area contributed by atoms with E-state index in [1.54, 1.807) is 0 Å². The van der Waals surface area contributed by atoms with Crippen molar-refractivity contribution in [2.45, 2.75) is 17.6 Å². The second-order valence-electron chi connectivity index (χ2n) is 3.32. The predicted octanol–water partition coefficient (Wildman–Crippen LogP) is 1.65. The number of quaternary nitrogens is 1. The normalized spacial score (nSPS) is 21.2. The van der Waals surface area contributed by atoms with E-state index in [1.165, 1.54) is 17.8 Å². The number of fused-ring (bicyclic) bond motifs is 1. The highest BCUT2D eigenvalue weighted by atomic mass is 32.2. The quantitative estimate of drug-likeness (QED) is 0.692. The van der Waals surface area contributed by atoms with Gasteiger partial charge in [0.05, 0.1) is 5.56 Å². The minimum Gasteiger partial charge on any atom is -0.633 e. The van der Waals surface area contributed by atoms with E-state index >= 15 is 0 Å². The number of rotatable bonds is 0. The van der Waals surface area contributed by atoms with E-state index < -0.39 is 11.7 Å². The van der Waals surface area contributed by atoms with Crippen LogP contribution in [0, 0.1) is 5.21 Å². The molecule has 0 amide bonds. The van der Waals surface area contributed by atoms with Crippen LogP contribution in [0.5, 0.6) is 0 Å². The first-order valence-electron chi connectivity index (χ1n) is 4.31. The monoisotopic (exact) mass is 235 g/mol. The standard InChI is InChI=1S/C9H8F3NOS/c10-9(11,12)7-1-2-8-6(3-7)4-13(14)5-15-8/h1-3,13H,4-5H2. The van der Waals surface area contributed by atoms with Gasteiger partial charge in [0.2, 0.25) is 0 Å². The number of hydrogen-bond donors (Lipinski definition) is 1. The van der Waals surface area contributed by atoms with Gasteiger partial charge in [-0.3, -0.25) is 0 Å². The van der Waals surface area contributed by atoms with Crippen LogP contribution in [0.15, 0.2) is 23.1 Å². The predicted molar refractivity (Wildman–Crippen MR) is 50.2 cm³/mol. The van der Waals surface area contributed by atoms with Crippen LogP contribution in [-0.2, 0) is 12.7 Å². The molecule has 6 heteroatoms. The second-order valence-corrected chi connectivity index (χ2v) is 4.34. The Kier molecular flexibility index (Phi) is 2.66. The molecule has 1 aliphatic rings. The second kappa shape index (κ2) is 3.70. The Morgan fingerprint density at radius 3 is 2.73 bits per heavy atom. The molecule has 1 aromatic carbocycles. The molecule has 0 bridgehead atoms. The molecule has 82 valence electrons. The Balaban J connectivity index is 2.37. The minimum absolute atomic E-state index is 0.0215. The lowest BCUT2D eigenvalue weighted by molar-refractivity contribution is -0.849. The number of benzene rings is 1. The third-order valence-electron chi connectivity index (χ3n) is 2.16. The van der Waals surface area contributed by atoms with Crippen LogP contribution in [0.2, 0.25) is 0 Å². The zero-order chi connectivity index (χ0) is 11.1. The molecule has 2 rings (SSSR count). The van der Waals surface area contributed by atoms with Crippen molar-refractivity contribution in [3.63, 3.8) is 0 Å². The third-order valence-corrected chi connectivity index (χ3v) is 3.34. The molecule has 0 aromatic heterocycles. The molecule has 1 N–H and O–H groups in total. The fraction of sp³-hybridized carbons (Fsp3) is 0.333. The Labute approximate surface area is 88.6 Å². The van der Waals surface area contributed by atoms with E-state index in [-0.39, 0.29) is 11.6 Å². The summed E-state index contributed by atoms with van der Waals surface area (Å²) in [5, 5.41) is 11.1. The third kappa shape index (κ3) is 2.27. The van der Waals surface area contributed by atoms with Gasteiger partial charge >= 0.3 is 6.18 Å². The Morgan fingerprint density at radius 2 is 2.07 bits per heavy atom. The molecule has 1 heterocycles. The van der Waals surface area contributed by atoms with Crippen LogP contribution in [-0.4, -0.2) is 5.88 Å². The summed E-state index contributed by atoms with van der Waals surface area (Å²) in [5.74, 6) is 0.359. The van der Waals surface area contributed by atoms with E-state index in [2.05, 4.69) is 0 Å². The number of hydrogen-bond acceptors (Lipinski definition) is 2. The maximum Gasteiger partial charge on any atom is 0.416 e. The first-order chi connectivity index (χ1) is 6.97. The van der Waals surface area contributed by atoms with Gasteiger partial charge in [0, 0.05) is 10.5 Å². The van der Waals surface area contributed by atoms with Gasteiger partial charge in [-0.25, -0.2) is 0 Å². The number of thioether (sulfide) groups is 1. The highest BCUT2D eigenvalue weighted by Gasteiger charge is 2.31. The smallest absolute Gasteiger partial charge is 0.416 e. The summed E-state index contributed by atoms with van der Waals surface area (Å²) >= 11 is 1.30. The summed E-state index contributed by atoms with van der Waals surface area (Å²) in [6.07, 6.45) is -4.33. The average Bonchev–Trinajstić information content (AvgIpc) is 2.15. The lowest BCUT2D eigenvalue weighted by Crippen LogP contribution is -3.05. The number of halogens is 3. The molecule has 1 unspecified atom stereocenters. The number of nitrogens with one attached hydrogen (secondary N) is 1. The van der Waals surface area contributed by atoms with E-state index in [1.807, 2.05) is 0 Å². The Bertz CT molecular complexity index is 380. The van der Waals surface area contributed by atoms with E-state index in [9.17, 15) is 18.4 Å². The zero-order valence-electron chi connectivity index (χ0n) is 7.60. The van der Waals surface area contributed by atoms with Crippen LogP contribution >= 0.6 is 11.8 Å². The van der Waals surface area contributed by atoms with Gasteiger partial charge < -0.3 is 10.3 Å². The summed E-state index contributed by atoms with van der Waals surface area (Å²) < 4.78 is 37.1. The lowest BCUT2D eigenvalue weighted by atomic mass is 10.1. The maximum atomic E-state index is 12.4. The molecule has 15 heavy (non-hydrogen) atoms. The van der Waals surface area contributed by atoms with Crippen LogP contribution in [0.3, 0.4) is 0 Å². The van der Waals surface area contributed by atoms with Crippen molar-refractivity contribution in [2.24, 2.45) is 0 Å². The molecular formula is C9H8F3NOS. The summed E-state index contributed by atoms with van der Waals surface area (Å²) in [6.45, 7) is 0.117. The summed E-state index contributed by atoms with van der Waals surface area (Å²) in [5.41, 5.74) is -0.192. The summed E-state index contributed by atoms with van der Waals surface area (Å²) in [7, 11) is 0. The van der Waals surface area contributed by atoms with Crippen molar-refractivity contribution in [1.29, 1.82) is 0 Å². The van der Waals surface area contributed by atoms with Gasteiger partial charge in [-0.1, -0.05) is 11.8 Å². The fourth-order valence-corrected chi connectivity index (χ4v) is 2.36. The molecule has 1 atom stereocenters. The Hall–Kier alpha value is -0.720. The molecule has 0 saturated carbocycles. The maximum absolute atomic E-state index is 12.4. The minimum atomic E-state index is -4.33. The van der Waals surface area contributed by atoms with Crippen molar-refractivity contribution in [2.75, 3.05) is 5.88 Å². The molecule has 1 aromatic rings. The van der Waals surface area contributed by atoms with Crippen LogP contribution < -0.4 is 5.06 Å². The largest absolute Gasteiger partial charge is 0.633 e. The van der Waals surface area contributed by atoms with E-state index in [4.69, 9.17) is 0 Å². The van der Waals surface area contributed by atoms with Crippen molar-refractivity contribution in [1.82, 2.24) is 0 Å². The molecule has 0 radical (unpaired) electrons. The molecule has 0 aliphatic carbocycles. The van der Waals surface area contributed by atoms with Crippen LogP contribution in [0.25, 0.3) is 0 Å². The van der Waals surface area contributed by atoms with Crippen molar-refractivity contribution >= 4 is 11.8 Å². The van der Waals surface area contributed by atoms with Gasteiger partial charge in [0.15, 0.2) is 0 Å². The van der Waals surface area contributed by atoms with Crippen molar-refractivity contribution in [3.05, 3.63) is 34.5 Å². The molecular weight excluding hydrogens is 227 g/mol. The van der Waals surface area contributed by atoms with Crippen LogP contribution in [0.1, 0.15) is 11.1 Å². The topological polar surface area (TPSA) is 27.5 Å². The fourth-order valence-electron chi connectivity index (χ4n) is 1.46. The molecule has 1 aliphatic heterocycles. The molecule has 0 saturated heterocycles. The SMILES string of the molecule is [O-][NH+]1CSc2ccc(C(F)(F)F)cc2C1. The molecule has 0 fully saturated rings. The first-order valence-corrected chi connectivity index (χ1v) is 5.30. The summed E-state index contributed by atoms with van der Waals surface area (Å²) in [6, 6.07) is 3.57. The highest BCUT2D eigenvalue weighted by Crippen LogP contribution is 2.33. The van der Waals surface area contributed by atoms with Gasteiger partial charge in [-0.05, 0) is 18.2 Å². The van der Waals surface area contributed by atoms with E-state index in [0.29, 0.717) is 11.4 Å². The van der Waals surface area contributed by atoms with Gasteiger partial charge in [-0.2, -0.15) is 13.2 Å². The zero-order valence-corrected chi connectivity index (χ0v) is 8.41. The first kappa shape index (κ1) is 10.8. The lowest BCUT2D eigenvalue weighted by Gasteiger charge is -2.28. The highest BCUT2D eigenvalue weighted by molar-refractivity contribution is 7.99. The van der Waals surface area contributed by atoms with Gasteiger partial charge in [0.1, 0.15) is 12.4 Å². The number of hydroxylamine groups is 2. The molecule has 2 nitrogen and oxygen atoms in total. The van der Waals surface area contributed by atoms with Gasteiger partial charge in [0.25, 0.3) is 0 Å². The van der Waals surface area contributed by atoms with Crippen molar-refractivity contribution in [3.8, 4) is 0 Å². The average molecular weight is 235 g/mol. The van der Waals surface area contributed by atoms with Gasteiger partial charge in [-0.15, -0.1) is 0 Å². The Morgan fingerprint density at radius 1 is 1.33 bits per heavy atom.